The molecule has 55 heavy (non-hydrogen) atoms. The fourth-order valence-corrected chi connectivity index (χ4v) is 10.1. The number of ether oxygens (including phenoxy) is 2. The first-order valence-corrected chi connectivity index (χ1v) is 20.8. The number of thiophene rings is 1. The molecule has 0 unspecified atom stereocenters. The molecule has 1 aromatic carbocycles. The summed E-state index contributed by atoms with van der Waals surface area (Å²) >= 11 is 1.28. The third-order valence-corrected chi connectivity index (χ3v) is 12.9. The maximum Gasteiger partial charge on any atom is 0.410 e. The first kappa shape index (κ1) is 40.2. The molecule has 2 aromatic rings. The van der Waals surface area contributed by atoms with Gasteiger partial charge in [-0.3, -0.25) is 19.3 Å². The van der Waals surface area contributed by atoms with Gasteiger partial charge in [-0.1, -0.05) is 37.1 Å². The van der Waals surface area contributed by atoms with Gasteiger partial charge in [0, 0.05) is 34.2 Å². The second kappa shape index (κ2) is 15.6. The summed E-state index contributed by atoms with van der Waals surface area (Å²) in [5, 5.41) is 5.47. The molecule has 17 heteroatoms. The smallest absolute Gasteiger partial charge is 0.410 e. The fourth-order valence-electron chi connectivity index (χ4n) is 7.48. The number of aryl methyl sites for hydroxylation is 2. The monoisotopic (exact) mass is 801 g/mol. The van der Waals surface area contributed by atoms with Crippen LogP contribution in [0.5, 0.6) is 0 Å². The molecule has 3 N–H and O–H groups in total. The second-order valence-electron chi connectivity index (χ2n) is 15.7. The van der Waals surface area contributed by atoms with Gasteiger partial charge >= 0.3 is 12.2 Å². The molecular weight excluding hydrogens is 754 g/mol. The number of allylic oxidation sites excluding steroid dienone is 1. The number of carbonyl (C=O) groups excluding carboxylic acids is 5. The third kappa shape index (κ3) is 8.98. The van der Waals surface area contributed by atoms with Gasteiger partial charge in [0.2, 0.25) is 11.8 Å². The van der Waals surface area contributed by atoms with Crippen molar-refractivity contribution in [2.75, 3.05) is 6.54 Å². The van der Waals surface area contributed by atoms with E-state index >= 15 is 0 Å². The van der Waals surface area contributed by atoms with E-state index in [0.717, 1.165) is 11.3 Å². The van der Waals surface area contributed by atoms with E-state index in [1.807, 2.05) is 6.08 Å². The number of benzene rings is 1. The number of halogens is 1. The SMILES string of the molecule is Cc1cc(S(=O)(=O)NC(=O)[C@@]23C[C@@H]2/C=C\CCCCC[C@H](NC(=O)OC(C)(C)C)C(=O)N2C[C@H](OC(=O)N4Cc5cccc(F)c5C4)C[C@H]2C(=O)N3)c(C)s1. The molecule has 4 heterocycles. The number of alkyl carbamates (subject to hydrolysis) is 1. The molecule has 1 saturated carbocycles. The number of hydrogen-bond acceptors (Lipinski definition) is 10. The summed E-state index contributed by atoms with van der Waals surface area (Å²) in [6.07, 6.45) is 4.00. The summed E-state index contributed by atoms with van der Waals surface area (Å²) in [5.41, 5.74) is -1.46. The van der Waals surface area contributed by atoms with Crippen molar-refractivity contribution >= 4 is 51.3 Å². The van der Waals surface area contributed by atoms with Gasteiger partial charge in [-0.15, -0.1) is 11.3 Å². The second-order valence-corrected chi connectivity index (χ2v) is 18.8. The fraction of sp³-hybridized carbons (Fsp3) is 0.553. The number of nitrogens with one attached hydrogen (secondary N) is 3. The molecule has 1 saturated heterocycles. The Morgan fingerprint density at radius 2 is 1.85 bits per heavy atom. The quantitative estimate of drug-likeness (QED) is 0.361. The normalized spacial score (nSPS) is 26.4. The molecule has 2 fully saturated rings. The number of sulfonamides is 1. The summed E-state index contributed by atoms with van der Waals surface area (Å²) in [4.78, 5) is 72.8. The lowest BCUT2D eigenvalue weighted by atomic mass is 10.0. The van der Waals surface area contributed by atoms with Crippen LogP contribution in [0.15, 0.2) is 41.3 Å². The molecule has 5 atom stereocenters. The molecule has 0 radical (unpaired) electrons. The van der Waals surface area contributed by atoms with Crippen LogP contribution in [-0.2, 0) is 47.0 Å². The van der Waals surface area contributed by atoms with Crippen LogP contribution in [0.3, 0.4) is 0 Å². The van der Waals surface area contributed by atoms with E-state index in [0.29, 0.717) is 35.3 Å². The number of hydrogen-bond donors (Lipinski definition) is 3. The first-order valence-electron chi connectivity index (χ1n) is 18.5. The van der Waals surface area contributed by atoms with E-state index in [-0.39, 0.29) is 43.8 Å². The Morgan fingerprint density at radius 3 is 2.55 bits per heavy atom. The van der Waals surface area contributed by atoms with Crippen LogP contribution in [0.2, 0.25) is 0 Å². The van der Waals surface area contributed by atoms with E-state index in [9.17, 15) is 36.8 Å². The maximum absolute atomic E-state index is 14.5. The zero-order valence-corrected chi connectivity index (χ0v) is 33.2. The van der Waals surface area contributed by atoms with E-state index in [1.165, 1.54) is 33.3 Å². The Bertz CT molecular complexity index is 2010. The molecule has 5 amide bonds. The minimum atomic E-state index is -4.29. The molecule has 1 aliphatic carbocycles. The summed E-state index contributed by atoms with van der Waals surface area (Å²) in [5.74, 6) is -3.23. The lowest BCUT2D eigenvalue weighted by Gasteiger charge is -2.30. The summed E-state index contributed by atoms with van der Waals surface area (Å²) in [6, 6.07) is 3.72. The molecular formula is C38H48FN5O9S2. The minimum Gasteiger partial charge on any atom is -0.444 e. The Morgan fingerprint density at radius 1 is 1.09 bits per heavy atom. The van der Waals surface area contributed by atoms with Gasteiger partial charge in [-0.2, -0.15) is 0 Å². The average Bonchev–Trinajstić information content (AvgIpc) is 3.39. The van der Waals surface area contributed by atoms with Crippen LogP contribution in [0.25, 0.3) is 0 Å². The van der Waals surface area contributed by atoms with Crippen molar-refractivity contribution in [1.82, 2.24) is 25.2 Å². The Balaban J connectivity index is 1.27. The van der Waals surface area contributed by atoms with E-state index < -0.39 is 81.0 Å². The van der Waals surface area contributed by atoms with Gasteiger partial charge in [0.1, 0.15) is 40.0 Å². The number of nitrogens with zero attached hydrogens (tertiary/aromatic N) is 2. The van der Waals surface area contributed by atoms with Crippen LogP contribution < -0.4 is 15.4 Å². The van der Waals surface area contributed by atoms with Gasteiger partial charge < -0.3 is 25.0 Å². The zero-order valence-electron chi connectivity index (χ0n) is 31.6. The van der Waals surface area contributed by atoms with Crippen molar-refractivity contribution in [2.24, 2.45) is 5.92 Å². The largest absolute Gasteiger partial charge is 0.444 e. The van der Waals surface area contributed by atoms with Crippen molar-refractivity contribution < 1.29 is 46.3 Å². The van der Waals surface area contributed by atoms with Gasteiger partial charge in [-0.05, 0) is 78.0 Å². The minimum absolute atomic E-state index is 0.0120. The van der Waals surface area contributed by atoms with Crippen LogP contribution in [-0.4, -0.2) is 84.0 Å². The van der Waals surface area contributed by atoms with Crippen molar-refractivity contribution in [3.05, 3.63) is 63.1 Å². The van der Waals surface area contributed by atoms with E-state index in [4.69, 9.17) is 9.47 Å². The van der Waals surface area contributed by atoms with Gasteiger partial charge in [0.05, 0.1) is 13.1 Å². The highest BCUT2D eigenvalue weighted by atomic mass is 32.2. The van der Waals surface area contributed by atoms with Gasteiger partial charge in [0.25, 0.3) is 15.9 Å². The first-order chi connectivity index (χ1) is 25.9. The lowest BCUT2D eigenvalue weighted by molar-refractivity contribution is -0.141. The highest BCUT2D eigenvalue weighted by Gasteiger charge is 2.62. The van der Waals surface area contributed by atoms with Gasteiger partial charge in [0.15, 0.2) is 0 Å². The topological polar surface area (TPSA) is 181 Å². The highest BCUT2D eigenvalue weighted by molar-refractivity contribution is 7.90. The highest BCUT2D eigenvalue weighted by Crippen LogP contribution is 2.46. The molecule has 4 aliphatic rings. The van der Waals surface area contributed by atoms with E-state index in [2.05, 4.69) is 15.4 Å². The molecule has 0 spiro atoms. The molecule has 0 bridgehead atoms. The van der Waals surface area contributed by atoms with Crippen LogP contribution >= 0.6 is 11.3 Å². The summed E-state index contributed by atoms with van der Waals surface area (Å²) in [6.45, 7) is 8.37. The Kier molecular flexibility index (Phi) is 11.4. The molecule has 3 aliphatic heterocycles. The average molecular weight is 802 g/mol. The number of amides is 5. The number of fused-ring (bicyclic) bond motifs is 3. The molecule has 1 aromatic heterocycles. The van der Waals surface area contributed by atoms with Crippen molar-refractivity contribution in [3.63, 3.8) is 0 Å². The third-order valence-electron chi connectivity index (χ3n) is 10.3. The number of rotatable bonds is 5. The standard InChI is InChI=1S/C38H48FN5O9S2/c1-22-16-31(23(2)54-22)55(50,51)42-34(47)38-18-25(38)13-9-7-6-8-10-15-29(40-35(48)53-37(3,4)5)33(46)44-20-26(17-30(44)32(45)41-38)52-36(49)43-19-24-12-11-14-28(39)27(24)21-43/h9,11-14,16,25-26,29-30H,6-8,10,15,17-21H2,1-5H3,(H,40,48)(H,41,45)(H,42,47)/b13-9-/t25-,26+,29-,30-,38+/m0/s1. The molecule has 14 nitrogen and oxygen atoms in total. The predicted octanol–water partition coefficient (Wildman–Crippen LogP) is 4.72. The summed E-state index contributed by atoms with van der Waals surface area (Å²) in [7, 11) is -4.29. The predicted molar refractivity (Wildman–Crippen MR) is 200 cm³/mol. The number of carbonyl (C=O) groups is 5. The summed E-state index contributed by atoms with van der Waals surface area (Å²) < 4.78 is 54.8. The van der Waals surface area contributed by atoms with E-state index in [1.54, 1.807) is 52.8 Å². The van der Waals surface area contributed by atoms with Crippen LogP contribution in [0.4, 0.5) is 14.0 Å². The van der Waals surface area contributed by atoms with Gasteiger partial charge in [-0.25, -0.2) is 27.1 Å². The van der Waals surface area contributed by atoms with Crippen molar-refractivity contribution in [2.45, 2.75) is 127 Å². The Hall–Kier alpha value is -4.51. The lowest BCUT2D eigenvalue weighted by Crippen LogP contribution is -2.58. The molecule has 6 rings (SSSR count). The van der Waals surface area contributed by atoms with Crippen molar-refractivity contribution in [1.29, 1.82) is 0 Å². The molecule has 298 valence electrons. The van der Waals surface area contributed by atoms with Crippen molar-refractivity contribution in [3.8, 4) is 0 Å². The maximum atomic E-state index is 14.5. The van der Waals surface area contributed by atoms with Crippen LogP contribution in [0, 0.1) is 25.6 Å². The van der Waals surface area contributed by atoms with Crippen LogP contribution in [0.1, 0.15) is 86.6 Å². The Labute approximate surface area is 324 Å². The zero-order chi connectivity index (χ0) is 39.9.